The van der Waals surface area contributed by atoms with Gasteiger partial charge in [0.1, 0.15) is 24.2 Å². The third-order valence-corrected chi connectivity index (χ3v) is 6.92. The number of anilines is 1. The number of nitrogens with zero attached hydrogens (tertiary/aromatic N) is 1. The van der Waals surface area contributed by atoms with Crippen LogP contribution < -0.4 is 14.4 Å². The number of methoxy groups -OCH3 is 1. The third kappa shape index (κ3) is 5.19. The maximum Gasteiger partial charge on any atom is 0.251 e. The highest BCUT2D eigenvalue weighted by Crippen LogP contribution is 2.42. The summed E-state index contributed by atoms with van der Waals surface area (Å²) < 4.78 is 39.8. The smallest absolute Gasteiger partial charge is 0.251 e. The van der Waals surface area contributed by atoms with E-state index in [1.165, 1.54) is 24.3 Å². The molecule has 0 aliphatic carbocycles. The quantitative estimate of drug-likeness (QED) is 0.497. The first-order valence-electron chi connectivity index (χ1n) is 10.2. The first-order chi connectivity index (χ1) is 16.0. The zero-order valence-corrected chi connectivity index (χ0v) is 19.4. The molecule has 2 atom stereocenters. The lowest BCUT2D eigenvalue weighted by Crippen LogP contribution is -2.38. The van der Waals surface area contributed by atoms with Crippen molar-refractivity contribution in [3.05, 3.63) is 88.7 Å². The van der Waals surface area contributed by atoms with E-state index in [-0.39, 0.29) is 18.6 Å². The Kier molecular flexibility index (Phi) is 7.27. The summed E-state index contributed by atoms with van der Waals surface area (Å²) in [6.07, 6.45) is 0. The predicted molar refractivity (Wildman–Crippen MR) is 126 cm³/mol. The van der Waals surface area contributed by atoms with Gasteiger partial charge in [0.2, 0.25) is 0 Å². The Morgan fingerprint density at radius 2 is 1.91 bits per heavy atom. The number of nitrogens with one attached hydrogen (secondary N) is 1. The maximum atomic E-state index is 13.7. The molecule has 9 heteroatoms. The van der Waals surface area contributed by atoms with E-state index in [2.05, 4.69) is 5.32 Å². The Balaban J connectivity index is 1.71. The molecule has 1 heterocycles. The van der Waals surface area contributed by atoms with E-state index in [1.54, 1.807) is 41.7 Å². The number of halogens is 2. The molecular formula is C24H22ClFN2O4S. The zero-order chi connectivity index (χ0) is 23.4. The van der Waals surface area contributed by atoms with Gasteiger partial charge in [-0.25, -0.2) is 8.60 Å². The van der Waals surface area contributed by atoms with Gasteiger partial charge in [-0.15, -0.1) is 0 Å². The lowest BCUT2D eigenvalue weighted by molar-refractivity contribution is 0.0936. The summed E-state index contributed by atoms with van der Waals surface area (Å²) in [5.41, 5.74) is 1.85. The Morgan fingerprint density at radius 1 is 1.18 bits per heavy atom. The highest BCUT2D eigenvalue weighted by Gasteiger charge is 2.34. The Labute approximate surface area is 198 Å². The number of carbonyl (C=O) groups excluding carboxylic acids is 1. The summed E-state index contributed by atoms with van der Waals surface area (Å²) in [5, 5.41) is 3.36. The number of hydrogen-bond acceptors (Lipinski definition) is 4. The van der Waals surface area contributed by atoms with Crippen LogP contribution in [0.15, 0.2) is 71.6 Å². The van der Waals surface area contributed by atoms with Crippen molar-refractivity contribution in [1.82, 2.24) is 5.32 Å². The molecule has 0 saturated heterocycles. The molecule has 33 heavy (non-hydrogen) atoms. The van der Waals surface area contributed by atoms with Crippen LogP contribution in [0.4, 0.5) is 10.1 Å². The molecule has 3 aromatic rings. The van der Waals surface area contributed by atoms with Crippen LogP contribution in [0, 0.1) is 5.82 Å². The molecule has 0 saturated carbocycles. The third-order valence-electron chi connectivity index (χ3n) is 5.18. The van der Waals surface area contributed by atoms with Crippen LogP contribution in [0.1, 0.15) is 22.0 Å². The van der Waals surface area contributed by atoms with Crippen molar-refractivity contribution in [3.8, 4) is 5.75 Å². The van der Waals surface area contributed by atoms with E-state index in [1.807, 2.05) is 12.1 Å². The molecule has 1 N–H and O–H groups in total. The standard InChI is InChI=1S/C24H22ClFN2O4S/c1-31-13-12-27-24(29)17-4-11-21-23(14-17)32-15-22(16-2-5-18(25)6-3-16)28(21)33(30)20-9-7-19(26)8-10-20/h2-11,14,22H,12-13,15H2,1H3,(H,27,29). The highest BCUT2D eigenvalue weighted by atomic mass is 35.5. The van der Waals surface area contributed by atoms with Gasteiger partial charge in [-0.1, -0.05) is 23.7 Å². The summed E-state index contributed by atoms with van der Waals surface area (Å²) in [6, 6.07) is 17.4. The maximum absolute atomic E-state index is 13.7. The lowest BCUT2D eigenvalue weighted by atomic mass is 10.0. The van der Waals surface area contributed by atoms with Crippen LogP contribution in [0.25, 0.3) is 0 Å². The fourth-order valence-corrected chi connectivity index (χ4v) is 4.98. The number of fused-ring (bicyclic) bond motifs is 1. The van der Waals surface area contributed by atoms with E-state index in [4.69, 9.17) is 21.1 Å². The molecule has 172 valence electrons. The van der Waals surface area contributed by atoms with E-state index in [0.29, 0.717) is 40.1 Å². The molecule has 0 radical (unpaired) electrons. The number of rotatable bonds is 7. The van der Waals surface area contributed by atoms with E-state index >= 15 is 0 Å². The van der Waals surface area contributed by atoms with E-state index < -0.39 is 16.8 Å². The average molecular weight is 489 g/mol. The van der Waals surface area contributed by atoms with Crippen molar-refractivity contribution in [2.75, 3.05) is 31.2 Å². The summed E-state index contributed by atoms with van der Waals surface area (Å²) in [4.78, 5) is 12.9. The van der Waals surface area contributed by atoms with Crippen LogP contribution in [0.5, 0.6) is 5.75 Å². The van der Waals surface area contributed by atoms with E-state index in [9.17, 15) is 13.4 Å². The van der Waals surface area contributed by atoms with Gasteiger partial charge in [0.15, 0.2) is 11.0 Å². The fraction of sp³-hybridized carbons (Fsp3) is 0.208. The second kappa shape index (κ2) is 10.3. The second-order valence-electron chi connectivity index (χ2n) is 7.34. The average Bonchev–Trinajstić information content (AvgIpc) is 2.83. The van der Waals surface area contributed by atoms with Crippen molar-refractivity contribution in [2.24, 2.45) is 0 Å². The van der Waals surface area contributed by atoms with Gasteiger partial charge in [-0.05, 0) is 60.2 Å². The van der Waals surface area contributed by atoms with Crippen LogP contribution in [-0.4, -0.2) is 37.0 Å². The minimum absolute atomic E-state index is 0.205. The lowest BCUT2D eigenvalue weighted by Gasteiger charge is -2.37. The first kappa shape index (κ1) is 23.2. The molecular weight excluding hydrogens is 467 g/mol. The molecule has 2 unspecified atom stereocenters. The number of benzene rings is 3. The van der Waals surface area contributed by atoms with Crippen molar-refractivity contribution in [2.45, 2.75) is 10.9 Å². The molecule has 1 aliphatic heterocycles. The normalized spacial score (nSPS) is 16.0. The summed E-state index contributed by atoms with van der Waals surface area (Å²) in [5.74, 6) is -0.226. The summed E-state index contributed by atoms with van der Waals surface area (Å²) >= 11 is 6.05. The van der Waals surface area contributed by atoms with Crippen molar-refractivity contribution in [1.29, 1.82) is 0 Å². The van der Waals surface area contributed by atoms with Gasteiger partial charge in [0.25, 0.3) is 5.91 Å². The van der Waals surface area contributed by atoms with Gasteiger partial charge in [-0.2, -0.15) is 0 Å². The van der Waals surface area contributed by atoms with Gasteiger partial charge in [0.05, 0.1) is 17.2 Å². The number of amides is 1. The van der Waals surface area contributed by atoms with Crippen LogP contribution >= 0.6 is 11.6 Å². The minimum atomic E-state index is -1.66. The summed E-state index contributed by atoms with van der Waals surface area (Å²) in [6.45, 7) is 0.989. The number of carbonyl (C=O) groups is 1. The minimum Gasteiger partial charge on any atom is -0.489 e. The molecule has 3 aromatic carbocycles. The molecule has 0 aromatic heterocycles. The molecule has 6 nitrogen and oxygen atoms in total. The largest absolute Gasteiger partial charge is 0.489 e. The van der Waals surface area contributed by atoms with Gasteiger partial charge in [-0.3, -0.25) is 9.10 Å². The molecule has 0 bridgehead atoms. The predicted octanol–water partition coefficient (Wildman–Crippen LogP) is 4.52. The van der Waals surface area contributed by atoms with Crippen molar-refractivity contribution < 1.29 is 22.9 Å². The van der Waals surface area contributed by atoms with Gasteiger partial charge < -0.3 is 14.8 Å². The molecule has 1 amide bonds. The summed E-state index contributed by atoms with van der Waals surface area (Å²) in [7, 11) is -0.101. The molecule has 0 fully saturated rings. The number of hydrogen-bond donors (Lipinski definition) is 1. The van der Waals surface area contributed by atoms with Crippen molar-refractivity contribution >= 4 is 34.2 Å². The highest BCUT2D eigenvalue weighted by molar-refractivity contribution is 7.86. The van der Waals surface area contributed by atoms with E-state index in [0.717, 1.165) is 5.56 Å². The second-order valence-corrected chi connectivity index (χ2v) is 9.14. The van der Waals surface area contributed by atoms with Crippen LogP contribution in [-0.2, 0) is 15.7 Å². The van der Waals surface area contributed by atoms with Crippen molar-refractivity contribution in [3.63, 3.8) is 0 Å². The zero-order valence-electron chi connectivity index (χ0n) is 17.8. The molecule has 1 aliphatic rings. The van der Waals surface area contributed by atoms with Gasteiger partial charge >= 0.3 is 0 Å². The fourth-order valence-electron chi connectivity index (χ4n) is 3.51. The van der Waals surface area contributed by atoms with Crippen LogP contribution in [0.3, 0.4) is 0 Å². The number of ether oxygens (including phenoxy) is 2. The topological polar surface area (TPSA) is 67.9 Å². The monoisotopic (exact) mass is 488 g/mol. The molecule has 0 spiro atoms. The Morgan fingerprint density at radius 3 is 2.61 bits per heavy atom. The van der Waals surface area contributed by atoms with Crippen LogP contribution in [0.2, 0.25) is 5.02 Å². The molecule has 4 rings (SSSR count). The SMILES string of the molecule is COCCNC(=O)c1ccc2c(c1)OCC(c1ccc(Cl)cc1)N2S(=O)c1ccc(F)cc1. The first-order valence-corrected chi connectivity index (χ1v) is 11.7. The Bertz CT molecular complexity index is 1160. The Hall–Kier alpha value is -2.94. The van der Waals surface area contributed by atoms with Gasteiger partial charge in [0, 0.05) is 24.2 Å².